The number of benzene rings is 3. The van der Waals surface area contributed by atoms with Crippen LogP contribution in [0, 0.1) is 0 Å². The van der Waals surface area contributed by atoms with E-state index in [2.05, 4.69) is 11.6 Å². The Labute approximate surface area is 241 Å². The molecule has 41 heavy (non-hydrogen) atoms. The molecule has 0 spiro atoms. The summed E-state index contributed by atoms with van der Waals surface area (Å²) in [5.74, 6) is -1.02. The van der Waals surface area contributed by atoms with Gasteiger partial charge < -0.3 is 4.74 Å². The molecule has 0 aliphatic rings. The number of carbonyl (C=O) groups is 2. The molecule has 4 rings (SSSR count). The lowest BCUT2D eigenvalue weighted by atomic mass is 9.98. The summed E-state index contributed by atoms with van der Waals surface area (Å²) in [6.07, 6.45) is 1.32. The van der Waals surface area contributed by atoms with E-state index in [0.717, 1.165) is 23.4 Å². The molecule has 1 N–H and O–H groups in total. The lowest BCUT2D eigenvalue weighted by molar-refractivity contribution is 0.0523. The van der Waals surface area contributed by atoms with E-state index in [1.165, 1.54) is 6.07 Å². The van der Waals surface area contributed by atoms with Gasteiger partial charge in [0.1, 0.15) is 5.56 Å². The summed E-state index contributed by atoms with van der Waals surface area (Å²) in [5.41, 5.74) is 4.38. The molecule has 0 saturated carbocycles. The van der Waals surface area contributed by atoms with Crippen molar-refractivity contribution in [2.75, 3.05) is 6.61 Å². The molecule has 0 saturated heterocycles. The highest BCUT2D eigenvalue weighted by Crippen LogP contribution is 2.30. The quantitative estimate of drug-likeness (QED) is 0.222. The van der Waals surface area contributed by atoms with Crippen LogP contribution in [0.2, 0.25) is 0 Å². The largest absolute Gasteiger partial charge is 0.462 e. The number of hydrogen-bond acceptors (Lipinski definition) is 6. The molecule has 0 bridgehead atoms. The fourth-order valence-electron chi connectivity index (χ4n) is 4.68. The van der Waals surface area contributed by atoms with Crippen LogP contribution in [0.25, 0.3) is 11.1 Å². The topological polar surface area (TPSA) is 107 Å². The van der Waals surface area contributed by atoms with Gasteiger partial charge in [-0.15, -0.1) is 0 Å². The van der Waals surface area contributed by atoms with Crippen LogP contribution in [0.15, 0.2) is 83.8 Å². The molecule has 0 aliphatic carbocycles. The van der Waals surface area contributed by atoms with E-state index in [9.17, 15) is 18.0 Å². The van der Waals surface area contributed by atoms with Gasteiger partial charge >= 0.3 is 5.97 Å². The molecule has 4 aromatic rings. The van der Waals surface area contributed by atoms with Crippen LogP contribution >= 0.6 is 0 Å². The van der Waals surface area contributed by atoms with Crippen LogP contribution < -0.4 is 4.72 Å². The normalized spacial score (nSPS) is 11.4. The Balaban J connectivity index is 1.65. The van der Waals surface area contributed by atoms with Gasteiger partial charge in [-0.3, -0.25) is 9.48 Å². The van der Waals surface area contributed by atoms with E-state index < -0.39 is 15.9 Å². The Morgan fingerprint density at radius 1 is 0.927 bits per heavy atom. The number of esters is 1. The van der Waals surface area contributed by atoms with Crippen molar-refractivity contribution < 1.29 is 22.7 Å². The minimum atomic E-state index is -4.15. The number of nitrogens with zero attached hydrogens (tertiary/aromatic N) is 2. The summed E-state index contributed by atoms with van der Waals surface area (Å²) >= 11 is 0. The van der Waals surface area contributed by atoms with Gasteiger partial charge in [0, 0.05) is 24.1 Å². The molecule has 0 fully saturated rings. The van der Waals surface area contributed by atoms with Gasteiger partial charge in [0.15, 0.2) is 0 Å². The summed E-state index contributed by atoms with van der Waals surface area (Å²) in [6.45, 7) is 8.81. The highest BCUT2D eigenvalue weighted by molar-refractivity contribution is 7.90. The minimum absolute atomic E-state index is 0.00391. The smallest absolute Gasteiger partial charge is 0.341 e. The molecule has 1 amide bonds. The molecule has 214 valence electrons. The number of ether oxygens (including phenoxy) is 1. The van der Waals surface area contributed by atoms with Gasteiger partial charge in [-0.25, -0.2) is 17.9 Å². The molecule has 1 aromatic heterocycles. The lowest BCUT2D eigenvalue weighted by Gasteiger charge is -2.13. The third-order valence-corrected chi connectivity index (χ3v) is 8.01. The zero-order valence-electron chi connectivity index (χ0n) is 23.8. The predicted octanol–water partition coefficient (Wildman–Crippen LogP) is 5.97. The standard InChI is InChI=1S/C32H35N3O5S/c1-5-20-35-27(29(32(37)40-6-2)30(33-35)22(3)4)21-23-16-18-24(19-17-23)26-14-10-11-15-28(26)41(38,39)34-31(36)25-12-8-7-9-13-25/h7-19,22H,5-6,20-21H2,1-4H3,(H,34,36). The summed E-state index contributed by atoms with van der Waals surface area (Å²) < 4.78 is 35.9. The lowest BCUT2D eigenvalue weighted by Crippen LogP contribution is -2.30. The Morgan fingerprint density at radius 2 is 1.59 bits per heavy atom. The fourth-order valence-corrected chi connectivity index (χ4v) is 5.89. The van der Waals surface area contributed by atoms with Gasteiger partial charge in [-0.05, 0) is 48.6 Å². The molecule has 0 unspecified atom stereocenters. The number of sulfonamides is 1. The van der Waals surface area contributed by atoms with E-state index in [4.69, 9.17) is 9.84 Å². The maximum Gasteiger partial charge on any atom is 0.341 e. The number of aryl methyl sites for hydroxylation is 1. The molecule has 8 nitrogen and oxygen atoms in total. The van der Waals surface area contributed by atoms with Crippen LogP contribution in [0.5, 0.6) is 0 Å². The van der Waals surface area contributed by atoms with E-state index in [-0.39, 0.29) is 29.0 Å². The fraction of sp³-hybridized carbons (Fsp3) is 0.281. The minimum Gasteiger partial charge on any atom is -0.462 e. The van der Waals surface area contributed by atoms with Crippen LogP contribution in [0.3, 0.4) is 0 Å². The van der Waals surface area contributed by atoms with Gasteiger partial charge in [0.05, 0.1) is 22.9 Å². The molecule has 0 aliphatic heterocycles. The van der Waals surface area contributed by atoms with E-state index in [1.54, 1.807) is 55.5 Å². The van der Waals surface area contributed by atoms with Crippen molar-refractivity contribution in [3.05, 3.63) is 107 Å². The first-order chi connectivity index (χ1) is 19.7. The average Bonchev–Trinajstić information content (AvgIpc) is 3.32. The van der Waals surface area contributed by atoms with Gasteiger partial charge in [-0.2, -0.15) is 5.10 Å². The maximum atomic E-state index is 13.2. The Bertz CT molecular complexity index is 1630. The van der Waals surface area contributed by atoms with Gasteiger partial charge in [0.2, 0.25) is 0 Å². The molecule has 1 heterocycles. The number of aromatic nitrogens is 2. The molecular formula is C32H35N3O5S. The third-order valence-electron chi connectivity index (χ3n) is 6.62. The van der Waals surface area contributed by atoms with Crippen molar-refractivity contribution in [3.63, 3.8) is 0 Å². The number of hydrogen-bond donors (Lipinski definition) is 1. The van der Waals surface area contributed by atoms with Gasteiger partial charge in [0.25, 0.3) is 15.9 Å². The number of carbonyl (C=O) groups excluding carboxylic acids is 2. The molecular weight excluding hydrogens is 538 g/mol. The van der Waals surface area contributed by atoms with Crippen molar-refractivity contribution in [1.29, 1.82) is 0 Å². The van der Waals surface area contributed by atoms with Crippen molar-refractivity contribution >= 4 is 21.9 Å². The first kappa shape index (κ1) is 29.7. The number of rotatable bonds is 11. The predicted molar refractivity (Wildman–Crippen MR) is 158 cm³/mol. The van der Waals surface area contributed by atoms with E-state index in [0.29, 0.717) is 29.7 Å². The maximum absolute atomic E-state index is 13.2. The van der Waals surface area contributed by atoms with Crippen LogP contribution in [0.4, 0.5) is 0 Å². The van der Waals surface area contributed by atoms with Crippen molar-refractivity contribution in [1.82, 2.24) is 14.5 Å². The molecule has 0 radical (unpaired) electrons. The highest BCUT2D eigenvalue weighted by atomic mass is 32.2. The van der Waals surface area contributed by atoms with E-state index >= 15 is 0 Å². The molecule has 3 aromatic carbocycles. The second-order valence-electron chi connectivity index (χ2n) is 9.98. The van der Waals surface area contributed by atoms with Crippen molar-refractivity contribution in [3.8, 4) is 11.1 Å². The Morgan fingerprint density at radius 3 is 2.22 bits per heavy atom. The Hall–Kier alpha value is -4.24. The van der Waals surface area contributed by atoms with Crippen molar-refractivity contribution in [2.24, 2.45) is 0 Å². The first-order valence-corrected chi connectivity index (χ1v) is 15.2. The molecule has 0 atom stereocenters. The van der Waals surface area contributed by atoms with Gasteiger partial charge in [-0.1, -0.05) is 81.4 Å². The van der Waals surface area contributed by atoms with E-state index in [1.807, 2.05) is 42.8 Å². The highest BCUT2D eigenvalue weighted by Gasteiger charge is 2.27. The SMILES string of the molecule is CCCn1nc(C(C)C)c(C(=O)OCC)c1Cc1ccc(-c2ccccc2S(=O)(=O)NC(=O)c2ccccc2)cc1. The van der Waals surface area contributed by atoms with Crippen LogP contribution in [-0.4, -0.2) is 36.7 Å². The van der Waals surface area contributed by atoms with Crippen LogP contribution in [0.1, 0.15) is 77.7 Å². The third kappa shape index (κ3) is 6.74. The van der Waals surface area contributed by atoms with Crippen molar-refractivity contribution in [2.45, 2.75) is 57.9 Å². The summed E-state index contributed by atoms with van der Waals surface area (Å²) in [6, 6.07) is 22.3. The first-order valence-electron chi connectivity index (χ1n) is 13.7. The summed E-state index contributed by atoms with van der Waals surface area (Å²) in [4.78, 5) is 25.6. The summed E-state index contributed by atoms with van der Waals surface area (Å²) in [7, 11) is -4.15. The number of amides is 1. The zero-order valence-corrected chi connectivity index (χ0v) is 24.6. The molecule has 9 heteroatoms. The number of nitrogens with one attached hydrogen (secondary N) is 1. The Kier molecular flexibility index (Phi) is 9.39. The summed E-state index contributed by atoms with van der Waals surface area (Å²) in [5, 5.41) is 4.76. The average molecular weight is 574 g/mol. The second-order valence-corrected chi connectivity index (χ2v) is 11.6. The monoisotopic (exact) mass is 573 g/mol. The van der Waals surface area contributed by atoms with Crippen LogP contribution in [-0.2, 0) is 27.7 Å². The zero-order chi connectivity index (χ0) is 29.6. The second kappa shape index (κ2) is 13.0.